The molecule has 0 saturated carbocycles. The Morgan fingerprint density at radius 1 is 1.11 bits per heavy atom. The van der Waals surface area contributed by atoms with E-state index in [4.69, 9.17) is 4.74 Å². The van der Waals surface area contributed by atoms with E-state index in [9.17, 15) is 4.79 Å². The summed E-state index contributed by atoms with van der Waals surface area (Å²) < 4.78 is 5.79. The quantitative estimate of drug-likeness (QED) is 0.753. The minimum absolute atomic E-state index is 0.000273. The molecule has 0 radical (unpaired) electrons. The van der Waals surface area contributed by atoms with Gasteiger partial charge in [-0.3, -0.25) is 4.79 Å². The van der Waals surface area contributed by atoms with E-state index in [0.717, 1.165) is 37.6 Å². The van der Waals surface area contributed by atoms with Gasteiger partial charge in [0.15, 0.2) is 0 Å². The molecule has 3 rings (SSSR count). The molecule has 5 heteroatoms. The zero-order valence-corrected chi connectivity index (χ0v) is 16.2. The molecule has 1 heterocycles. The summed E-state index contributed by atoms with van der Waals surface area (Å²) in [6.07, 6.45) is 0.717. The molecule has 0 aromatic heterocycles. The highest BCUT2D eigenvalue weighted by Gasteiger charge is 2.23. The normalized spacial score (nSPS) is 16.0. The number of anilines is 1. The zero-order chi connectivity index (χ0) is 19.1. The van der Waals surface area contributed by atoms with E-state index in [1.165, 1.54) is 11.1 Å². The van der Waals surface area contributed by atoms with Crippen molar-refractivity contribution >= 4 is 11.6 Å². The lowest BCUT2D eigenvalue weighted by molar-refractivity contribution is -0.118. The highest BCUT2D eigenvalue weighted by atomic mass is 16.5. The van der Waals surface area contributed by atoms with Crippen LogP contribution in [0.15, 0.2) is 48.5 Å². The predicted octanol–water partition coefficient (Wildman–Crippen LogP) is 3.06. The minimum atomic E-state index is -0.204. The van der Waals surface area contributed by atoms with Gasteiger partial charge in [-0.2, -0.15) is 0 Å². The smallest absolute Gasteiger partial charge is 0.241 e. The first kappa shape index (κ1) is 19.4. The fourth-order valence-electron chi connectivity index (χ4n) is 3.34. The molecule has 2 N–H and O–H groups in total. The number of carbonyl (C=O) groups is 1. The van der Waals surface area contributed by atoms with Gasteiger partial charge in [0.1, 0.15) is 12.4 Å². The zero-order valence-electron chi connectivity index (χ0n) is 16.2. The molecule has 0 fully saturated rings. The fourth-order valence-corrected chi connectivity index (χ4v) is 3.34. The number of nitrogens with one attached hydrogen (secondary N) is 2. The Balaban J connectivity index is 1.49. The monoisotopic (exact) mass is 367 g/mol. The third-order valence-electron chi connectivity index (χ3n) is 5.09. The van der Waals surface area contributed by atoms with Crippen LogP contribution in [0.3, 0.4) is 0 Å². The number of carbonyl (C=O) groups excluding carboxylic acids is 1. The summed E-state index contributed by atoms with van der Waals surface area (Å²) in [5, 5.41) is 6.31. The molecule has 1 aliphatic rings. The molecular formula is C22H29N3O2. The molecule has 5 nitrogen and oxygen atoms in total. The van der Waals surface area contributed by atoms with Crippen LogP contribution in [0.1, 0.15) is 25.0 Å². The molecule has 0 aliphatic carbocycles. The number of hydrogen-bond donors (Lipinski definition) is 2. The standard InChI is InChI=1S/C22H29N3O2/c1-3-25(4-2)13-14-27-20-11-9-19(10-12-20)24-22(26)21-15-17-7-5-6-8-18(17)16-23-21/h5-12,21,23H,3-4,13-16H2,1-2H3,(H,24,26). The van der Waals surface area contributed by atoms with E-state index in [1.54, 1.807) is 0 Å². The van der Waals surface area contributed by atoms with Crippen molar-refractivity contribution in [1.82, 2.24) is 10.2 Å². The van der Waals surface area contributed by atoms with Gasteiger partial charge in [0.2, 0.25) is 5.91 Å². The molecule has 0 spiro atoms. The number of nitrogens with zero attached hydrogens (tertiary/aromatic N) is 1. The molecular weight excluding hydrogens is 338 g/mol. The summed E-state index contributed by atoms with van der Waals surface area (Å²) in [7, 11) is 0. The molecule has 0 saturated heterocycles. The topological polar surface area (TPSA) is 53.6 Å². The molecule has 27 heavy (non-hydrogen) atoms. The van der Waals surface area contributed by atoms with Gasteiger partial charge in [-0.15, -0.1) is 0 Å². The van der Waals surface area contributed by atoms with Crippen LogP contribution in [0.5, 0.6) is 5.75 Å². The number of amides is 1. The Morgan fingerprint density at radius 3 is 2.52 bits per heavy atom. The Kier molecular flexibility index (Phi) is 6.85. The van der Waals surface area contributed by atoms with Crippen LogP contribution < -0.4 is 15.4 Å². The van der Waals surface area contributed by atoms with Crippen LogP contribution in [0, 0.1) is 0 Å². The van der Waals surface area contributed by atoms with E-state index in [0.29, 0.717) is 13.0 Å². The first-order valence-electron chi connectivity index (χ1n) is 9.75. The first-order chi connectivity index (χ1) is 13.2. The predicted molar refractivity (Wildman–Crippen MR) is 109 cm³/mol. The maximum Gasteiger partial charge on any atom is 0.241 e. The van der Waals surface area contributed by atoms with Gasteiger partial charge in [0.25, 0.3) is 0 Å². The minimum Gasteiger partial charge on any atom is -0.492 e. The van der Waals surface area contributed by atoms with Crippen molar-refractivity contribution in [2.75, 3.05) is 31.6 Å². The van der Waals surface area contributed by atoms with Gasteiger partial charge in [0.05, 0.1) is 6.04 Å². The lowest BCUT2D eigenvalue weighted by Crippen LogP contribution is -2.44. The Labute approximate surface area is 161 Å². The maximum absolute atomic E-state index is 12.6. The molecule has 2 aromatic carbocycles. The number of rotatable bonds is 8. The third-order valence-corrected chi connectivity index (χ3v) is 5.09. The van der Waals surface area contributed by atoms with Crippen LogP contribution >= 0.6 is 0 Å². The van der Waals surface area contributed by atoms with Gasteiger partial charge >= 0.3 is 0 Å². The molecule has 144 valence electrons. The van der Waals surface area contributed by atoms with Crippen molar-refractivity contribution in [3.63, 3.8) is 0 Å². The fraction of sp³-hybridized carbons (Fsp3) is 0.409. The van der Waals surface area contributed by atoms with Crippen molar-refractivity contribution in [3.05, 3.63) is 59.7 Å². The van der Waals surface area contributed by atoms with Crippen LogP contribution in [-0.4, -0.2) is 43.1 Å². The third kappa shape index (κ3) is 5.31. The van der Waals surface area contributed by atoms with Crippen molar-refractivity contribution < 1.29 is 9.53 Å². The Hall–Kier alpha value is -2.37. The van der Waals surface area contributed by atoms with Crippen LogP contribution in [0.4, 0.5) is 5.69 Å². The summed E-state index contributed by atoms with van der Waals surface area (Å²) in [6.45, 7) is 8.68. The van der Waals surface area contributed by atoms with Crippen molar-refractivity contribution in [1.29, 1.82) is 0 Å². The van der Waals surface area contributed by atoms with Gasteiger partial charge in [0, 0.05) is 18.8 Å². The van der Waals surface area contributed by atoms with E-state index in [-0.39, 0.29) is 11.9 Å². The van der Waals surface area contributed by atoms with E-state index < -0.39 is 0 Å². The average molecular weight is 367 g/mol. The van der Waals surface area contributed by atoms with Gasteiger partial charge in [-0.05, 0) is 54.9 Å². The Morgan fingerprint density at radius 2 is 1.81 bits per heavy atom. The van der Waals surface area contributed by atoms with Crippen LogP contribution in [0.2, 0.25) is 0 Å². The lowest BCUT2D eigenvalue weighted by Gasteiger charge is -2.25. The lowest BCUT2D eigenvalue weighted by atomic mass is 9.95. The summed E-state index contributed by atoms with van der Waals surface area (Å²) in [5.41, 5.74) is 3.30. The largest absolute Gasteiger partial charge is 0.492 e. The van der Waals surface area contributed by atoms with Crippen molar-refractivity contribution in [3.8, 4) is 5.75 Å². The van der Waals surface area contributed by atoms with E-state index in [2.05, 4.69) is 41.5 Å². The highest BCUT2D eigenvalue weighted by molar-refractivity contribution is 5.95. The SMILES string of the molecule is CCN(CC)CCOc1ccc(NC(=O)C2Cc3ccccc3CN2)cc1. The second kappa shape index (κ2) is 9.53. The van der Waals surface area contributed by atoms with Gasteiger partial charge < -0.3 is 20.3 Å². The number of benzene rings is 2. The van der Waals surface area contributed by atoms with Crippen LogP contribution in [-0.2, 0) is 17.8 Å². The molecule has 1 atom stereocenters. The number of hydrogen-bond acceptors (Lipinski definition) is 4. The summed E-state index contributed by atoms with van der Waals surface area (Å²) >= 11 is 0. The van der Waals surface area contributed by atoms with Gasteiger partial charge in [-0.1, -0.05) is 38.1 Å². The first-order valence-corrected chi connectivity index (χ1v) is 9.75. The highest BCUT2D eigenvalue weighted by Crippen LogP contribution is 2.19. The number of likely N-dealkylation sites (N-methyl/N-ethyl adjacent to an activating group) is 1. The molecule has 0 bridgehead atoms. The number of ether oxygens (including phenoxy) is 1. The summed E-state index contributed by atoms with van der Waals surface area (Å²) in [6, 6.07) is 15.6. The van der Waals surface area contributed by atoms with Crippen molar-refractivity contribution in [2.24, 2.45) is 0 Å². The summed E-state index contributed by atoms with van der Waals surface area (Å²) in [4.78, 5) is 14.9. The second-order valence-corrected chi connectivity index (χ2v) is 6.80. The summed E-state index contributed by atoms with van der Waals surface area (Å²) in [5.74, 6) is 0.824. The van der Waals surface area contributed by atoms with Crippen molar-refractivity contribution in [2.45, 2.75) is 32.9 Å². The van der Waals surface area contributed by atoms with Gasteiger partial charge in [-0.25, -0.2) is 0 Å². The Bertz CT molecular complexity index is 741. The number of fused-ring (bicyclic) bond motifs is 1. The second-order valence-electron chi connectivity index (χ2n) is 6.80. The molecule has 2 aromatic rings. The van der Waals surface area contributed by atoms with E-state index >= 15 is 0 Å². The van der Waals surface area contributed by atoms with E-state index in [1.807, 2.05) is 36.4 Å². The van der Waals surface area contributed by atoms with Crippen LogP contribution in [0.25, 0.3) is 0 Å². The maximum atomic E-state index is 12.6. The molecule has 1 amide bonds. The molecule has 1 unspecified atom stereocenters. The average Bonchev–Trinajstić information content (AvgIpc) is 2.72. The molecule has 1 aliphatic heterocycles.